The lowest BCUT2D eigenvalue weighted by Crippen LogP contribution is -2.32. The molecule has 0 aliphatic heterocycles. The number of fused-ring (bicyclic) bond motifs is 1. The first kappa shape index (κ1) is 20.3. The number of hydrogen-bond donors (Lipinski definition) is 2. The van der Waals surface area contributed by atoms with Crippen LogP contribution in [0.1, 0.15) is 45.9 Å². The number of hydrogen-bond acceptors (Lipinski definition) is 6. The molecule has 0 radical (unpaired) electrons. The van der Waals surface area contributed by atoms with Gasteiger partial charge in [0, 0.05) is 15.8 Å². The maximum absolute atomic E-state index is 12.7. The number of nitrogens with one attached hydrogen (secondary N) is 2. The lowest BCUT2D eigenvalue weighted by molar-refractivity contribution is -0.111. The Balaban J connectivity index is 1.83. The van der Waals surface area contributed by atoms with E-state index in [1.54, 1.807) is 13.0 Å². The van der Waals surface area contributed by atoms with Gasteiger partial charge >= 0.3 is 6.09 Å². The van der Waals surface area contributed by atoms with E-state index in [0.29, 0.717) is 16.5 Å². The third-order valence-electron chi connectivity index (χ3n) is 4.41. The van der Waals surface area contributed by atoms with Crippen molar-refractivity contribution in [1.29, 1.82) is 0 Å². The topological polar surface area (TPSA) is 84.5 Å². The van der Waals surface area contributed by atoms with E-state index in [1.165, 1.54) is 28.7 Å². The number of anilines is 1. The summed E-state index contributed by atoms with van der Waals surface area (Å²) in [5.41, 5.74) is 1.29. The fourth-order valence-electron chi connectivity index (χ4n) is 3.10. The normalized spacial score (nSPS) is 15.9. The average Bonchev–Trinajstić information content (AvgIpc) is 3.26. The summed E-state index contributed by atoms with van der Waals surface area (Å²) in [5, 5.41) is 7.48. The van der Waals surface area contributed by atoms with Crippen LogP contribution in [-0.2, 0) is 22.4 Å². The molecular formula is C20H22N2O4S2. The number of thiophene rings is 2. The van der Waals surface area contributed by atoms with Gasteiger partial charge in [-0.05, 0) is 55.2 Å². The molecule has 148 valence electrons. The number of carbonyl (C=O) groups is 3. The van der Waals surface area contributed by atoms with Gasteiger partial charge in [0.2, 0.25) is 5.91 Å². The van der Waals surface area contributed by atoms with Crippen molar-refractivity contribution in [2.75, 3.05) is 11.9 Å². The van der Waals surface area contributed by atoms with Gasteiger partial charge in [-0.15, -0.1) is 22.7 Å². The zero-order chi connectivity index (χ0) is 20.1. The fourth-order valence-corrected chi connectivity index (χ4v) is 5.13. The van der Waals surface area contributed by atoms with Gasteiger partial charge in [-0.25, -0.2) is 4.79 Å². The van der Waals surface area contributed by atoms with Crippen molar-refractivity contribution in [3.8, 4) is 0 Å². The Hall–Kier alpha value is -2.45. The highest BCUT2D eigenvalue weighted by molar-refractivity contribution is 7.17. The molecule has 0 unspecified atom stereocenters. The molecule has 1 atom stereocenters. The van der Waals surface area contributed by atoms with Crippen LogP contribution in [0, 0.1) is 5.92 Å². The van der Waals surface area contributed by atoms with Crippen LogP contribution in [-0.4, -0.2) is 24.5 Å². The van der Waals surface area contributed by atoms with E-state index < -0.39 is 12.0 Å². The second-order valence-electron chi connectivity index (χ2n) is 6.57. The monoisotopic (exact) mass is 418 g/mol. The molecule has 6 nitrogen and oxygen atoms in total. The highest BCUT2D eigenvalue weighted by atomic mass is 32.1. The van der Waals surface area contributed by atoms with Crippen molar-refractivity contribution in [1.82, 2.24) is 5.32 Å². The Bertz CT molecular complexity index is 900. The maximum Gasteiger partial charge on any atom is 0.414 e. The Kier molecular flexibility index (Phi) is 6.64. The second-order valence-corrected chi connectivity index (χ2v) is 8.65. The van der Waals surface area contributed by atoms with Gasteiger partial charge in [0.05, 0.1) is 12.2 Å². The molecule has 3 rings (SSSR count). The summed E-state index contributed by atoms with van der Waals surface area (Å²) < 4.78 is 4.81. The zero-order valence-electron chi connectivity index (χ0n) is 15.7. The van der Waals surface area contributed by atoms with Gasteiger partial charge in [-0.3, -0.25) is 14.9 Å². The minimum Gasteiger partial charge on any atom is -0.450 e. The van der Waals surface area contributed by atoms with Gasteiger partial charge in [0.25, 0.3) is 5.91 Å². The Morgan fingerprint density at radius 2 is 2.18 bits per heavy atom. The Labute approximate surface area is 171 Å². The molecule has 1 aliphatic carbocycles. The minimum atomic E-state index is -0.786. The number of alkyl carbamates (subject to hydrolysis) is 1. The van der Waals surface area contributed by atoms with Crippen LogP contribution in [0.2, 0.25) is 0 Å². The van der Waals surface area contributed by atoms with Crippen molar-refractivity contribution in [2.24, 2.45) is 5.92 Å². The molecule has 8 heteroatoms. The molecule has 3 amide bonds. The number of carbonyl (C=O) groups excluding carboxylic acids is 3. The van der Waals surface area contributed by atoms with Crippen LogP contribution in [0.4, 0.5) is 9.80 Å². The molecule has 2 N–H and O–H groups in total. The molecule has 0 saturated carbocycles. The van der Waals surface area contributed by atoms with Crippen LogP contribution in [0.3, 0.4) is 0 Å². The van der Waals surface area contributed by atoms with Crippen molar-refractivity contribution in [3.05, 3.63) is 44.5 Å². The average molecular weight is 419 g/mol. The molecule has 2 heterocycles. The summed E-state index contributed by atoms with van der Waals surface area (Å²) in [6.07, 6.45) is 4.97. The van der Waals surface area contributed by atoms with E-state index >= 15 is 0 Å². The van der Waals surface area contributed by atoms with Crippen molar-refractivity contribution in [3.63, 3.8) is 0 Å². The van der Waals surface area contributed by atoms with Gasteiger partial charge < -0.3 is 10.1 Å². The zero-order valence-corrected chi connectivity index (χ0v) is 17.4. The fraction of sp³-hybridized carbons (Fsp3) is 0.350. The molecule has 0 spiro atoms. The SMILES string of the molecule is CCOC(=O)NC(=O)c1c(NC(=O)/C=C/c2cccs2)sc2c1CC[C@@H](C)C2. The second kappa shape index (κ2) is 9.16. The first-order valence-corrected chi connectivity index (χ1v) is 10.8. The van der Waals surface area contributed by atoms with Gasteiger partial charge in [-0.2, -0.15) is 0 Å². The number of amides is 3. The van der Waals surface area contributed by atoms with Crippen molar-refractivity contribution in [2.45, 2.75) is 33.1 Å². The summed E-state index contributed by atoms with van der Waals surface area (Å²) in [4.78, 5) is 38.8. The molecular weight excluding hydrogens is 396 g/mol. The highest BCUT2D eigenvalue weighted by Gasteiger charge is 2.29. The summed E-state index contributed by atoms with van der Waals surface area (Å²) >= 11 is 2.94. The molecule has 0 saturated heterocycles. The quantitative estimate of drug-likeness (QED) is 0.702. The lowest BCUT2D eigenvalue weighted by atomic mass is 9.88. The van der Waals surface area contributed by atoms with Gasteiger partial charge in [0.15, 0.2) is 0 Å². The lowest BCUT2D eigenvalue weighted by Gasteiger charge is -2.18. The van der Waals surface area contributed by atoms with Gasteiger partial charge in [0.1, 0.15) is 5.00 Å². The first-order valence-electron chi connectivity index (χ1n) is 9.13. The predicted octanol–water partition coefficient (Wildman–Crippen LogP) is 4.47. The molecule has 2 aromatic heterocycles. The van der Waals surface area contributed by atoms with E-state index in [0.717, 1.165) is 34.6 Å². The molecule has 28 heavy (non-hydrogen) atoms. The number of ether oxygens (including phenoxy) is 1. The van der Waals surface area contributed by atoms with Crippen LogP contribution in [0.15, 0.2) is 23.6 Å². The smallest absolute Gasteiger partial charge is 0.414 e. The van der Waals surface area contributed by atoms with E-state index in [1.807, 2.05) is 17.5 Å². The maximum atomic E-state index is 12.7. The van der Waals surface area contributed by atoms with E-state index in [2.05, 4.69) is 17.6 Å². The Morgan fingerprint density at radius 1 is 1.36 bits per heavy atom. The van der Waals surface area contributed by atoms with Crippen LogP contribution in [0.25, 0.3) is 6.08 Å². The van der Waals surface area contributed by atoms with Crippen molar-refractivity contribution >= 4 is 51.7 Å². The highest BCUT2D eigenvalue weighted by Crippen LogP contribution is 2.39. The third-order valence-corrected chi connectivity index (χ3v) is 6.42. The molecule has 1 aliphatic rings. The van der Waals surface area contributed by atoms with E-state index in [4.69, 9.17) is 4.74 Å². The molecule has 0 aromatic carbocycles. The summed E-state index contributed by atoms with van der Waals surface area (Å²) in [5.74, 6) is -0.331. The summed E-state index contributed by atoms with van der Waals surface area (Å²) in [6.45, 7) is 4.02. The van der Waals surface area contributed by atoms with E-state index in [9.17, 15) is 14.4 Å². The standard InChI is InChI=1S/C20H22N2O4S2/c1-3-26-20(25)22-18(24)17-14-8-6-12(2)11-15(14)28-19(17)21-16(23)9-7-13-5-4-10-27-13/h4-5,7,9-10,12H,3,6,8,11H2,1-2H3,(H,21,23)(H,22,24,25)/b9-7+/t12-/m1/s1. The van der Waals surface area contributed by atoms with Crippen LogP contribution < -0.4 is 10.6 Å². The third kappa shape index (κ3) is 4.88. The molecule has 0 bridgehead atoms. The summed E-state index contributed by atoms with van der Waals surface area (Å²) in [6, 6.07) is 3.83. The van der Waals surface area contributed by atoms with E-state index in [-0.39, 0.29) is 12.5 Å². The predicted molar refractivity (Wildman–Crippen MR) is 112 cm³/mol. The summed E-state index contributed by atoms with van der Waals surface area (Å²) in [7, 11) is 0. The largest absolute Gasteiger partial charge is 0.450 e. The molecule has 2 aromatic rings. The Morgan fingerprint density at radius 3 is 2.89 bits per heavy atom. The minimum absolute atomic E-state index is 0.176. The van der Waals surface area contributed by atoms with Gasteiger partial charge in [-0.1, -0.05) is 13.0 Å². The first-order chi connectivity index (χ1) is 13.5. The van der Waals surface area contributed by atoms with Crippen LogP contribution >= 0.6 is 22.7 Å². The number of rotatable bonds is 5. The molecule has 0 fully saturated rings. The van der Waals surface area contributed by atoms with Crippen LogP contribution in [0.5, 0.6) is 0 Å². The van der Waals surface area contributed by atoms with Crippen molar-refractivity contribution < 1.29 is 19.1 Å². The number of imide groups is 1.